The number of para-hydroxylation sites is 2. The molecule has 2 heterocycles. The van der Waals surface area contributed by atoms with E-state index >= 15 is 0 Å². The van der Waals surface area contributed by atoms with Crippen LogP contribution in [-0.2, 0) is 10.0 Å². The molecule has 0 bridgehead atoms. The van der Waals surface area contributed by atoms with Gasteiger partial charge in [-0.25, -0.2) is 18.4 Å². The number of aromatic hydroxyl groups is 1. The van der Waals surface area contributed by atoms with Gasteiger partial charge in [-0.15, -0.1) is 0 Å². The smallest absolute Gasteiger partial charge is 0.263 e. The van der Waals surface area contributed by atoms with Gasteiger partial charge in [0, 0.05) is 47.5 Å². The van der Waals surface area contributed by atoms with Crippen LogP contribution in [-0.4, -0.2) is 41.5 Å². The largest absolute Gasteiger partial charge is 0.508 e. The minimum atomic E-state index is -4.17. The number of ether oxygens (including phenoxy) is 1. The molecule has 0 saturated carbocycles. The minimum Gasteiger partial charge on any atom is -0.508 e. The average Bonchev–Trinajstić information content (AvgIpc) is 2.93. The van der Waals surface area contributed by atoms with Gasteiger partial charge >= 0.3 is 0 Å². The number of anilines is 4. The maximum absolute atomic E-state index is 13.4. The number of rotatable bonds is 8. The molecule has 0 fully saturated rings. The van der Waals surface area contributed by atoms with E-state index in [0.717, 1.165) is 0 Å². The molecule has 0 aliphatic heterocycles. The zero-order valence-electron chi connectivity index (χ0n) is 20.5. The molecule has 0 aliphatic rings. The van der Waals surface area contributed by atoms with Crippen molar-refractivity contribution < 1.29 is 23.1 Å². The number of phenols is 1. The molecule has 2 aromatic heterocycles. The molecule has 40 heavy (non-hydrogen) atoms. The van der Waals surface area contributed by atoms with E-state index in [9.17, 15) is 18.3 Å². The van der Waals surface area contributed by atoms with Gasteiger partial charge in [-0.3, -0.25) is 14.5 Å². The standard InChI is InChI=1S/C27H22N6O5S.CH4/c1-38-21-14-19(13-20(34)16-21)29-25-26(32-24-8-3-2-7-23(24)31-25)33-39(36,37)22-6-4-5-18(15-22)30-27(35)17-9-11-28-12-10-17;/h2-16,34H,1H3,(H,29,31)(H,30,35)(H,32,33);1H4. The number of aromatic nitrogens is 3. The first-order valence-electron chi connectivity index (χ1n) is 11.6. The summed E-state index contributed by atoms with van der Waals surface area (Å²) in [5, 5.41) is 15.7. The number of nitrogens with one attached hydrogen (secondary N) is 3. The fourth-order valence-corrected chi connectivity index (χ4v) is 4.76. The summed E-state index contributed by atoms with van der Waals surface area (Å²) in [5.74, 6) is -0.0417. The second kappa shape index (κ2) is 11.7. The normalized spacial score (nSPS) is 10.8. The van der Waals surface area contributed by atoms with Gasteiger partial charge in [0.2, 0.25) is 0 Å². The van der Waals surface area contributed by atoms with Crippen molar-refractivity contribution in [3.63, 3.8) is 0 Å². The molecule has 11 nitrogen and oxygen atoms in total. The summed E-state index contributed by atoms with van der Waals surface area (Å²) in [6, 6.07) is 20.4. The van der Waals surface area contributed by atoms with Crippen LogP contribution in [0.5, 0.6) is 11.5 Å². The number of amides is 1. The van der Waals surface area contributed by atoms with Crippen LogP contribution < -0.4 is 20.1 Å². The number of pyridine rings is 1. The summed E-state index contributed by atoms with van der Waals surface area (Å²) < 4.78 is 34.5. The summed E-state index contributed by atoms with van der Waals surface area (Å²) in [4.78, 5) is 25.3. The third-order valence-electron chi connectivity index (χ3n) is 5.54. The third kappa shape index (κ3) is 6.25. The third-order valence-corrected chi connectivity index (χ3v) is 6.87. The average molecular weight is 559 g/mol. The zero-order chi connectivity index (χ0) is 27.4. The van der Waals surface area contributed by atoms with Crippen molar-refractivity contribution in [3.05, 3.63) is 96.8 Å². The summed E-state index contributed by atoms with van der Waals surface area (Å²) in [5.41, 5.74) is 2.05. The Morgan fingerprint density at radius 2 is 1.55 bits per heavy atom. The summed E-state index contributed by atoms with van der Waals surface area (Å²) in [6.07, 6.45) is 2.98. The zero-order valence-corrected chi connectivity index (χ0v) is 21.3. The predicted molar refractivity (Wildman–Crippen MR) is 154 cm³/mol. The number of benzene rings is 3. The van der Waals surface area contributed by atoms with Crippen molar-refractivity contribution in [1.82, 2.24) is 15.0 Å². The lowest BCUT2D eigenvalue weighted by Gasteiger charge is -2.15. The number of hydrogen-bond donors (Lipinski definition) is 4. The number of sulfonamides is 1. The number of fused-ring (bicyclic) bond motifs is 1. The van der Waals surface area contributed by atoms with Crippen LogP contribution in [0.2, 0.25) is 0 Å². The molecule has 0 saturated heterocycles. The molecule has 4 N–H and O–H groups in total. The van der Waals surface area contributed by atoms with E-state index in [1.54, 1.807) is 48.5 Å². The van der Waals surface area contributed by atoms with Gasteiger partial charge in [-0.05, 0) is 42.5 Å². The van der Waals surface area contributed by atoms with Crippen molar-refractivity contribution in [2.75, 3.05) is 22.5 Å². The van der Waals surface area contributed by atoms with Crippen LogP contribution in [0.3, 0.4) is 0 Å². The molecule has 1 amide bonds. The predicted octanol–water partition coefficient (Wildman–Crippen LogP) is 5.17. The molecule has 12 heteroatoms. The Kier molecular flexibility index (Phi) is 8.10. The number of carbonyl (C=O) groups excluding carboxylic acids is 1. The van der Waals surface area contributed by atoms with Crippen molar-refractivity contribution in [2.24, 2.45) is 0 Å². The van der Waals surface area contributed by atoms with E-state index in [0.29, 0.717) is 28.0 Å². The molecular weight excluding hydrogens is 532 g/mol. The first-order chi connectivity index (χ1) is 18.8. The van der Waals surface area contributed by atoms with Gasteiger partial charge in [-0.2, -0.15) is 0 Å². The van der Waals surface area contributed by atoms with Crippen LogP contribution >= 0.6 is 0 Å². The Balaban J connectivity index is 0.00000370. The van der Waals surface area contributed by atoms with Crippen molar-refractivity contribution in [3.8, 4) is 11.5 Å². The van der Waals surface area contributed by atoms with E-state index < -0.39 is 15.9 Å². The first-order valence-corrected chi connectivity index (χ1v) is 13.1. The van der Waals surface area contributed by atoms with E-state index in [4.69, 9.17) is 4.74 Å². The Hall–Kier alpha value is -5.23. The molecule has 0 aliphatic carbocycles. The maximum Gasteiger partial charge on any atom is 0.263 e. The first kappa shape index (κ1) is 27.8. The monoisotopic (exact) mass is 558 g/mol. The van der Waals surface area contributed by atoms with Crippen molar-refractivity contribution >= 4 is 50.0 Å². The molecule has 204 valence electrons. The van der Waals surface area contributed by atoms with Crippen LogP contribution in [0.25, 0.3) is 11.0 Å². The molecular formula is C28H26N6O5S. The van der Waals surface area contributed by atoms with E-state index in [-0.39, 0.29) is 35.4 Å². The highest BCUT2D eigenvalue weighted by atomic mass is 32.2. The Morgan fingerprint density at radius 3 is 2.25 bits per heavy atom. The van der Waals surface area contributed by atoms with Gasteiger partial charge in [0.05, 0.1) is 23.0 Å². The highest BCUT2D eigenvalue weighted by molar-refractivity contribution is 7.92. The van der Waals surface area contributed by atoms with Gasteiger partial charge in [0.25, 0.3) is 15.9 Å². The Labute approximate surface area is 231 Å². The number of methoxy groups -OCH3 is 1. The summed E-state index contributed by atoms with van der Waals surface area (Å²) >= 11 is 0. The molecule has 0 radical (unpaired) electrons. The SMILES string of the molecule is C.COc1cc(O)cc(Nc2nc3ccccc3nc2NS(=O)(=O)c2cccc(NC(=O)c3ccncc3)c2)c1. The fourth-order valence-electron chi connectivity index (χ4n) is 3.70. The lowest BCUT2D eigenvalue weighted by atomic mass is 10.2. The highest BCUT2D eigenvalue weighted by Crippen LogP contribution is 2.31. The molecule has 0 atom stereocenters. The quantitative estimate of drug-likeness (QED) is 0.202. The van der Waals surface area contributed by atoms with Crippen LogP contribution in [0.15, 0.2) is 96.2 Å². The lowest BCUT2D eigenvalue weighted by Crippen LogP contribution is -2.17. The van der Waals surface area contributed by atoms with Crippen molar-refractivity contribution in [2.45, 2.75) is 12.3 Å². The molecule has 3 aromatic carbocycles. The van der Waals surface area contributed by atoms with E-state index in [1.807, 2.05) is 0 Å². The lowest BCUT2D eigenvalue weighted by molar-refractivity contribution is 0.102. The second-order valence-corrected chi connectivity index (χ2v) is 9.96. The molecule has 0 spiro atoms. The number of phenolic OH excluding ortho intramolecular Hbond substituents is 1. The van der Waals surface area contributed by atoms with Crippen LogP contribution in [0.1, 0.15) is 17.8 Å². The molecule has 0 unspecified atom stereocenters. The van der Waals surface area contributed by atoms with Crippen LogP contribution in [0, 0.1) is 0 Å². The van der Waals surface area contributed by atoms with Gasteiger partial charge in [0.1, 0.15) is 11.5 Å². The molecule has 5 rings (SSSR count). The topological polar surface area (TPSA) is 155 Å². The summed E-state index contributed by atoms with van der Waals surface area (Å²) in [7, 11) is -2.71. The second-order valence-electron chi connectivity index (χ2n) is 8.28. The maximum atomic E-state index is 13.4. The number of hydrogen-bond acceptors (Lipinski definition) is 9. The Bertz CT molecular complexity index is 1780. The van der Waals surface area contributed by atoms with Crippen LogP contribution in [0.4, 0.5) is 23.0 Å². The van der Waals surface area contributed by atoms with Gasteiger partial charge in [0.15, 0.2) is 11.6 Å². The van der Waals surface area contributed by atoms with Gasteiger partial charge < -0.3 is 20.5 Å². The minimum absolute atomic E-state index is 0. The number of carbonyl (C=O) groups is 1. The van der Waals surface area contributed by atoms with Crippen molar-refractivity contribution in [1.29, 1.82) is 0 Å². The van der Waals surface area contributed by atoms with E-state index in [2.05, 4.69) is 30.3 Å². The number of nitrogens with zero attached hydrogens (tertiary/aromatic N) is 3. The fraction of sp³-hybridized carbons (Fsp3) is 0.0714. The molecule has 5 aromatic rings. The summed E-state index contributed by atoms with van der Waals surface area (Å²) in [6.45, 7) is 0. The van der Waals surface area contributed by atoms with E-state index in [1.165, 1.54) is 49.8 Å². The van der Waals surface area contributed by atoms with Gasteiger partial charge in [-0.1, -0.05) is 25.6 Å². The highest BCUT2D eigenvalue weighted by Gasteiger charge is 2.20. The Morgan fingerprint density at radius 1 is 0.850 bits per heavy atom.